The molecule has 2 rings (SSSR count). The van der Waals surface area contributed by atoms with Gasteiger partial charge in [0.15, 0.2) is 0 Å². The van der Waals surface area contributed by atoms with Crippen LogP contribution in [0.2, 0.25) is 0 Å². The van der Waals surface area contributed by atoms with Crippen molar-refractivity contribution in [2.45, 2.75) is 78.7 Å². The van der Waals surface area contributed by atoms with Crippen LogP contribution in [0.25, 0.3) is 0 Å². The molecule has 3 atom stereocenters. The zero-order valence-corrected chi connectivity index (χ0v) is 20.4. The summed E-state index contributed by atoms with van der Waals surface area (Å²) in [5.41, 5.74) is -0.0128. The predicted octanol–water partition coefficient (Wildman–Crippen LogP) is 5.75. The van der Waals surface area contributed by atoms with Crippen molar-refractivity contribution in [1.29, 1.82) is 0 Å². The van der Waals surface area contributed by atoms with Crippen LogP contribution in [-0.4, -0.2) is 49.3 Å². The van der Waals surface area contributed by atoms with E-state index in [4.69, 9.17) is 9.47 Å². The lowest BCUT2D eigenvalue weighted by atomic mass is 9.92. The molecule has 1 aliphatic heterocycles. The van der Waals surface area contributed by atoms with E-state index in [1.807, 2.05) is 31.2 Å². The highest BCUT2D eigenvalue weighted by Gasteiger charge is 2.33. The molecule has 0 aromatic heterocycles. The van der Waals surface area contributed by atoms with Gasteiger partial charge in [0.1, 0.15) is 18.0 Å². The quantitative estimate of drug-likeness (QED) is 0.403. The van der Waals surface area contributed by atoms with Gasteiger partial charge in [-0.3, -0.25) is 9.69 Å². The zero-order chi connectivity index (χ0) is 22.7. The number of hydrogen-bond donors (Lipinski definition) is 1. The highest BCUT2D eigenvalue weighted by molar-refractivity contribution is 5.97. The molecular formula is C26H44N2O3. The van der Waals surface area contributed by atoms with Gasteiger partial charge in [0.2, 0.25) is 0 Å². The van der Waals surface area contributed by atoms with Crippen molar-refractivity contribution >= 4 is 11.6 Å². The minimum absolute atomic E-state index is 0.0703. The molecule has 0 bridgehead atoms. The molecule has 1 N–H and O–H groups in total. The van der Waals surface area contributed by atoms with Crippen LogP contribution < -0.4 is 10.1 Å². The standard InChI is InChI=1S/C26H44N2O3/c1-6-8-9-14-26(5,31-16-7-2)25(29)27-23-10-12-24(13-11-23)30-17-15-28-19-21(3)18-22(4)20-28/h10-13,21-22H,6-9,14-20H2,1-5H3,(H,27,29)/t21-,22-,26-/m0/s1. The molecule has 0 unspecified atom stereocenters. The summed E-state index contributed by atoms with van der Waals surface area (Å²) in [6, 6.07) is 7.67. The minimum atomic E-state index is -0.789. The predicted molar refractivity (Wildman–Crippen MR) is 129 cm³/mol. The second-order valence-electron chi connectivity index (χ2n) is 9.57. The Balaban J connectivity index is 1.83. The van der Waals surface area contributed by atoms with Gasteiger partial charge in [-0.2, -0.15) is 0 Å². The van der Waals surface area contributed by atoms with Gasteiger partial charge in [0, 0.05) is 31.9 Å². The van der Waals surface area contributed by atoms with Crippen LogP contribution in [0, 0.1) is 11.8 Å². The number of amides is 1. The third-order valence-electron chi connectivity index (χ3n) is 6.10. The second kappa shape index (κ2) is 13.1. The summed E-state index contributed by atoms with van der Waals surface area (Å²) in [5.74, 6) is 2.30. The average Bonchev–Trinajstić information content (AvgIpc) is 2.73. The number of nitrogens with one attached hydrogen (secondary N) is 1. The van der Waals surface area contributed by atoms with E-state index < -0.39 is 5.60 Å². The molecule has 0 spiro atoms. The number of unbranched alkanes of at least 4 members (excludes halogenated alkanes) is 2. The number of likely N-dealkylation sites (tertiary alicyclic amines) is 1. The molecule has 31 heavy (non-hydrogen) atoms. The Morgan fingerprint density at radius 1 is 1.06 bits per heavy atom. The van der Waals surface area contributed by atoms with E-state index in [1.54, 1.807) is 0 Å². The third-order valence-corrected chi connectivity index (χ3v) is 6.10. The number of nitrogens with zero attached hydrogens (tertiary/aromatic N) is 1. The topological polar surface area (TPSA) is 50.8 Å². The van der Waals surface area contributed by atoms with Crippen LogP contribution in [0.4, 0.5) is 5.69 Å². The van der Waals surface area contributed by atoms with Crippen molar-refractivity contribution in [2.75, 3.05) is 38.2 Å². The van der Waals surface area contributed by atoms with Gasteiger partial charge in [-0.05, 0) is 62.3 Å². The lowest BCUT2D eigenvalue weighted by Crippen LogP contribution is -2.43. The van der Waals surface area contributed by atoms with E-state index >= 15 is 0 Å². The molecule has 176 valence electrons. The third kappa shape index (κ3) is 8.82. The molecule has 1 aromatic rings. The Labute approximate surface area is 189 Å². The number of ether oxygens (including phenoxy) is 2. The zero-order valence-electron chi connectivity index (χ0n) is 20.4. The number of benzene rings is 1. The summed E-state index contributed by atoms with van der Waals surface area (Å²) in [5, 5.41) is 3.04. The summed E-state index contributed by atoms with van der Waals surface area (Å²) in [7, 11) is 0. The Morgan fingerprint density at radius 2 is 1.74 bits per heavy atom. The van der Waals surface area contributed by atoms with Gasteiger partial charge < -0.3 is 14.8 Å². The van der Waals surface area contributed by atoms with E-state index in [0.717, 1.165) is 75.0 Å². The average molecular weight is 433 g/mol. The molecule has 5 heteroatoms. The number of carbonyl (C=O) groups is 1. The molecule has 1 fully saturated rings. The van der Waals surface area contributed by atoms with Crippen LogP contribution in [0.5, 0.6) is 5.75 Å². The molecule has 0 radical (unpaired) electrons. The van der Waals surface area contributed by atoms with Gasteiger partial charge >= 0.3 is 0 Å². The number of anilines is 1. The van der Waals surface area contributed by atoms with Crippen molar-refractivity contribution in [2.24, 2.45) is 11.8 Å². The Kier molecular flexibility index (Phi) is 10.8. The van der Waals surface area contributed by atoms with E-state index in [2.05, 4.69) is 37.9 Å². The van der Waals surface area contributed by atoms with Crippen LogP contribution in [-0.2, 0) is 9.53 Å². The van der Waals surface area contributed by atoms with Crippen molar-refractivity contribution < 1.29 is 14.3 Å². The van der Waals surface area contributed by atoms with E-state index in [1.165, 1.54) is 6.42 Å². The molecule has 0 aliphatic carbocycles. The van der Waals surface area contributed by atoms with Gasteiger partial charge in [0.05, 0.1) is 0 Å². The van der Waals surface area contributed by atoms with Gasteiger partial charge in [-0.15, -0.1) is 0 Å². The van der Waals surface area contributed by atoms with Crippen molar-refractivity contribution in [3.63, 3.8) is 0 Å². The van der Waals surface area contributed by atoms with Crippen LogP contribution >= 0.6 is 0 Å². The van der Waals surface area contributed by atoms with E-state index in [0.29, 0.717) is 13.2 Å². The Hall–Kier alpha value is -1.59. The van der Waals surface area contributed by atoms with E-state index in [9.17, 15) is 4.79 Å². The molecule has 1 aliphatic rings. The maximum Gasteiger partial charge on any atom is 0.256 e. The number of piperidine rings is 1. The molecule has 1 aromatic carbocycles. The number of carbonyl (C=O) groups excluding carboxylic acids is 1. The maximum atomic E-state index is 12.9. The molecule has 1 heterocycles. The lowest BCUT2D eigenvalue weighted by molar-refractivity contribution is -0.140. The maximum absolute atomic E-state index is 12.9. The summed E-state index contributed by atoms with van der Waals surface area (Å²) in [4.78, 5) is 15.4. The number of hydrogen-bond acceptors (Lipinski definition) is 4. The van der Waals surface area contributed by atoms with Crippen LogP contribution in [0.15, 0.2) is 24.3 Å². The van der Waals surface area contributed by atoms with Crippen LogP contribution in [0.1, 0.15) is 73.1 Å². The molecular weight excluding hydrogens is 388 g/mol. The van der Waals surface area contributed by atoms with Gasteiger partial charge in [0.25, 0.3) is 5.91 Å². The summed E-state index contributed by atoms with van der Waals surface area (Å²) in [6.45, 7) is 15.4. The fourth-order valence-electron chi connectivity index (χ4n) is 4.46. The largest absolute Gasteiger partial charge is 0.492 e. The monoisotopic (exact) mass is 432 g/mol. The van der Waals surface area contributed by atoms with E-state index in [-0.39, 0.29) is 5.91 Å². The molecule has 0 saturated carbocycles. The minimum Gasteiger partial charge on any atom is -0.492 e. The summed E-state index contributed by atoms with van der Waals surface area (Å²) in [6.07, 6.45) is 6.19. The Morgan fingerprint density at radius 3 is 2.35 bits per heavy atom. The van der Waals surface area contributed by atoms with Crippen molar-refractivity contribution in [3.05, 3.63) is 24.3 Å². The SMILES string of the molecule is CCCCC[C@](C)(OCCC)C(=O)Nc1ccc(OCCN2C[C@@H](C)C[C@H](C)C2)cc1. The Bertz CT molecular complexity index is 639. The highest BCUT2D eigenvalue weighted by atomic mass is 16.5. The fourth-order valence-corrected chi connectivity index (χ4v) is 4.46. The first-order valence-electron chi connectivity index (χ1n) is 12.3. The van der Waals surface area contributed by atoms with Crippen molar-refractivity contribution in [1.82, 2.24) is 4.90 Å². The van der Waals surface area contributed by atoms with Gasteiger partial charge in [-0.1, -0.05) is 47.0 Å². The fraction of sp³-hybridized carbons (Fsp3) is 0.731. The highest BCUT2D eigenvalue weighted by Crippen LogP contribution is 2.24. The first kappa shape index (κ1) is 25.7. The lowest BCUT2D eigenvalue weighted by Gasteiger charge is -2.34. The molecule has 1 amide bonds. The summed E-state index contributed by atoms with van der Waals surface area (Å²) >= 11 is 0. The molecule has 5 nitrogen and oxygen atoms in total. The van der Waals surface area contributed by atoms with Gasteiger partial charge in [-0.25, -0.2) is 0 Å². The van der Waals surface area contributed by atoms with Crippen molar-refractivity contribution in [3.8, 4) is 5.75 Å². The second-order valence-corrected chi connectivity index (χ2v) is 9.57. The number of rotatable bonds is 13. The smallest absolute Gasteiger partial charge is 0.256 e. The first-order valence-corrected chi connectivity index (χ1v) is 12.3. The summed E-state index contributed by atoms with van der Waals surface area (Å²) < 4.78 is 11.9. The van der Waals surface area contributed by atoms with Crippen LogP contribution in [0.3, 0.4) is 0 Å². The normalized spacial score (nSPS) is 21.5. The first-order chi connectivity index (χ1) is 14.9. The molecule has 1 saturated heterocycles.